The molecule has 0 unspecified atom stereocenters. The molecule has 3 rings (SSSR count). The first kappa shape index (κ1) is 19.6. The van der Waals surface area contributed by atoms with Crippen molar-refractivity contribution in [3.8, 4) is 16.9 Å². The molecule has 7 nitrogen and oxygen atoms in total. The van der Waals surface area contributed by atoms with Gasteiger partial charge in [-0.05, 0) is 51.1 Å². The van der Waals surface area contributed by atoms with E-state index in [1.54, 1.807) is 42.5 Å². The number of nitro groups is 1. The minimum atomic E-state index is -0.464. The van der Waals surface area contributed by atoms with Gasteiger partial charge in [0.25, 0.3) is 11.6 Å². The van der Waals surface area contributed by atoms with E-state index >= 15 is 0 Å². The quantitative estimate of drug-likeness (QED) is 0.512. The first-order chi connectivity index (χ1) is 13.2. The standard InChI is InChI=1S/C20H19ClN4O3/c1-20(2,3)22-19(26)18-12-16(13-8-10-14(11-9-13)25(27)28)23-24(18)17-7-5-4-6-15(17)21/h4-12H,1-3H3,(H,22,26). The molecule has 0 aliphatic carbocycles. The van der Waals surface area contributed by atoms with E-state index in [9.17, 15) is 14.9 Å². The average Bonchev–Trinajstić information content (AvgIpc) is 3.06. The Morgan fingerprint density at radius 2 is 1.79 bits per heavy atom. The third-order valence-corrected chi connectivity index (χ3v) is 4.20. The molecule has 1 heterocycles. The second-order valence-electron chi connectivity index (χ2n) is 7.29. The second kappa shape index (κ2) is 7.44. The summed E-state index contributed by atoms with van der Waals surface area (Å²) in [7, 11) is 0. The maximum atomic E-state index is 12.8. The minimum absolute atomic E-state index is 0.0139. The highest BCUT2D eigenvalue weighted by Crippen LogP contribution is 2.27. The molecule has 0 bridgehead atoms. The Balaban J connectivity index is 2.11. The predicted molar refractivity (Wildman–Crippen MR) is 108 cm³/mol. The van der Waals surface area contributed by atoms with Crippen LogP contribution in [-0.4, -0.2) is 26.1 Å². The molecule has 0 saturated heterocycles. The van der Waals surface area contributed by atoms with Crippen molar-refractivity contribution in [1.82, 2.24) is 15.1 Å². The van der Waals surface area contributed by atoms with Crippen LogP contribution in [0.3, 0.4) is 0 Å². The van der Waals surface area contributed by atoms with Crippen molar-refractivity contribution in [2.75, 3.05) is 0 Å². The predicted octanol–water partition coefficient (Wildman–Crippen LogP) is 4.63. The van der Waals surface area contributed by atoms with Gasteiger partial charge in [-0.15, -0.1) is 0 Å². The topological polar surface area (TPSA) is 90.1 Å². The Hall–Kier alpha value is -3.19. The van der Waals surface area contributed by atoms with E-state index < -0.39 is 10.5 Å². The van der Waals surface area contributed by atoms with E-state index in [-0.39, 0.29) is 11.6 Å². The van der Waals surface area contributed by atoms with Crippen LogP contribution in [0.2, 0.25) is 5.02 Å². The van der Waals surface area contributed by atoms with E-state index in [4.69, 9.17) is 11.6 Å². The second-order valence-corrected chi connectivity index (χ2v) is 7.69. The largest absolute Gasteiger partial charge is 0.346 e. The zero-order valence-electron chi connectivity index (χ0n) is 15.6. The average molecular weight is 399 g/mol. The van der Waals surface area contributed by atoms with Crippen LogP contribution in [-0.2, 0) is 0 Å². The number of benzene rings is 2. The molecule has 0 spiro atoms. The normalized spacial score (nSPS) is 11.3. The van der Waals surface area contributed by atoms with Crippen molar-refractivity contribution in [2.45, 2.75) is 26.3 Å². The molecule has 0 saturated carbocycles. The lowest BCUT2D eigenvalue weighted by Gasteiger charge is -2.20. The third kappa shape index (κ3) is 4.20. The lowest BCUT2D eigenvalue weighted by Crippen LogP contribution is -2.41. The van der Waals surface area contributed by atoms with Gasteiger partial charge in [-0.25, -0.2) is 4.68 Å². The van der Waals surface area contributed by atoms with Crippen molar-refractivity contribution >= 4 is 23.2 Å². The highest BCUT2D eigenvalue weighted by Gasteiger charge is 2.22. The van der Waals surface area contributed by atoms with Gasteiger partial charge in [-0.3, -0.25) is 14.9 Å². The van der Waals surface area contributed by atoms with Crippen LogP contribution in [0.1, 0.15) is 31.3 Å². The molecule has 1 aromatic heterocycles. The fourth-order valence-electron chi connectivity index (χ4n) is 2.65. The maximum absolute atomic E-state index is 12.8. The number of nitro benzene ring substituents is 1. The number of carbonyl (C=O) groups excluding carboxylic acids is 1. The van der Waals surface area contributed by atoms with Gasteiger partial charge in [-0.2, -0.15) is 5.10 Å². The monoisotopic (exact) mass is 398 g/mol. The molecular weight excluding hydrogens is 380 g/mol. The fourth-order valence-corrected chi connectivity index (χ4v) is 2.87. The molecule has 2 aromatic carbocycles. The van der Waals surface area contributed by atoms with Gasteiger partial charge >= 0.3 is 0 Å². The van der Waals surface area contributed by atoms with Crippen LogP contribution in [0.5, 0.6) is 0 Å². The Kier molecular flexibility index (Phi) is 5.20. The summed E-state index contributed by atoms with van der Waals surface area (Å²) in [6.07, 6.45) is 0. The summed E-state index contributed by atoms with van der Waals surface area (Å²) >= 11 is 6.31. The van der Waals surface area contributed by atoms with Crippen molar-refractivity contribution in [1.29, 1.82) is 0 Å². The van der Waals surface area contributed by atoms with E-state index in [0.29, 0.717) is 27.7 Å². The minimum Gasteiger partial charge on any atom is -0.346 e. The summed E-state index contributed by atoms with van der Waals surface area (Å²) in [6.45, 7) is 5.66. The Labute approximate surface area is 167 Å². The zero-order valence-corrected chi connectivity index (χ0v) is 16.4. The number of nitrogens with one attached hydrogen (secondary N) is 1. The summed E-state index contributed by atoms with van der Waals surface area (Å²) in [6, 6.07) is 14.7. The van der Waals surface area contributed by atoms with Crippen LogP contribution in [0.4, 0.5) is 5.69 Å². The van der Waals surface area contributed by atoms with Crippen LogP contribution >= 0.6 is 11.6 Å². The highest BCUT2D eigenvalue weighted by molar-refractivity contribution is 6.32. The lowest BCUT2D eigenvalue weighted by molar-refractivity contribution is -0.384. The molecule has 144 valence electrons. The zero-order chi connectivity index (χ0) is 20.5. The first-order valence-electron chi connectivity index (χ1n) is 8.58. The highest BCUT2D eigenvalue weighted by atomic mass is 35.5. The van der Waals surface area contributed by atoms with Crippen LogP contribution < -0.4 is 5.32 Å². The summed E-state index contributed by atoms with van der Waals surface area (Å²) in [5.41, 5.74) is 1.60. The number of para-hydroxylation sites is 1. The first-order valence-corrected chi connectivity index (χ1v) is 8.96. The maximum Gasteiger partial charge on any atom is 0.270 e. The lowest BCUT2D eigenvalue weighted by atomic mass is 10.1. The van der Waals surface area contributed by atoms with E-state index in [1.807, 2.05) is 20.8 Å². The van der Waals surface area contributed by atoms with Crippen LogP contribution in [0.15, 0.2) is 54.6 Å². The molecule has 3 aromatic rings. The fraction of sp³-hybridized carbons (Fsp3) is 0.200. The third-order valence-electron chi connectivity index (χ3n) is 3.89. The van der Waals surface area contributed by atoms with Gasteiger partial charge in [-0.1, -0.05) is 23.7 Å². The number of rotatable bonds is 4. The summed E-state index contributed by atoms with van der Waals surface area (Å²) in [4.78, 5) is 23.3. The SMILES string of the molecule is CC(C)(C)NC(=O)c1cc(-c2ccc([N+](=O)[O-])cc2)nn1-c1ccccc1Cl. The van der Waals surface area contributed by atoms with E-state index in [2.05, 4.69) is 10.4 Å². The molecule has 0 radical (unpaired) electrons. The number of nitrogens with zero attached hydrogens (tertiary/aromatic N) is 3. The molecule has 1 amide bonds. The van der Waals surface area contributed by atoms with Crippen molar-refractivity contribution in [3.05, 3.63) is 75.4 Å². The van der Waals surface area contributed by atoms with Gasteiger partial charge in [0.1, 0.15) is 5.69 Å². The van der Waals surface area contributed by atoms with Gasteiger partial charge in [0.05, 0.1) is 21.3 Å². The molecule has 8 heteroatoms. The molecule has 0 aliphatic rings. The van der Waals surface area contributed by atoms with E-state index in [1.165, 1.54) is 16.8 Å². The summed E-state index contributed by atoms with van der Waals surface area (Å²) < 4.78 is 1.49. The van der Waals surface area contributed by atoms with Crippen molar-refractivity contribution in [2.24, 2.45) is 0 Å². The van der Waals surface area contributed by atoms with Gasteiger partial charge < -0.3 is 5.32 Å². The molecule has 0 aliphatic heterocycles. The number of carbonyl (C=O) groups is 1. The van der Waals surface area contributed by atoms with Crippen LogP contribution in [0.25, 0.3) is 16.9 Å². The van der Waals surface area contributed by atoms with E-state index in [0.717, 1.165) is 0 Å². The number of non-ortho nitro benzene ring substituents is 1. The molecule has 0 atom stereocenters. The van der Waals surface area contributed by atoms with Crippen molar-refractivity contribution < 1.29 is 9.72 Å². The molecule has 1 N–H and O–H groups in total. The number of aromatic nitrogens is 2. The number of amides is 1. The summed E-state index contributed by atoms with van der Waals surface area (Å²) in [5, 5.41) is 18.8. The van der Waals surface area contributed by atoms with Gasteiger partial charge in [0.15, 0.2) is 0 Å². The smallest absolute Gasteiger partial charge is 0.270 e. The van der Waals surface area contributed by atoms with Crippen LogP contribution in [0, 0.1) is 10.1 Å². The number of hydrogen-bond donors (Lipinski definition) is 1. The Morgan fingerprint density at radius 1 is 1.14 bits per heavy atom. The molecule has 28 heavy (non-hydrogen) atoms. The van der Waals surface area contributed by atoms with Gasteiger partial charge in [0, 0.05) is 23.2 Å². The number of halogens is 1. The van der Waals surface area contributed by atoms with Crippen molar-refractivity contribution in [3.63, 3.8) is 0 Å². The molecule has 0 fully saturated rings. The Bertz CT molecular complexity index is 1040. The summed E-state index contributed by atoms with van der Waals surface area (Å²) in [5.74, 6) is -0.298. The molecular formula is C20H19ClN4O3. The number of hydrogen-bond acceptors (Lipinski definition) is 4. The Morgan fingerprint density at radius 3 is 2.36 bits per heavy atom. The van der Waals surface area contributed by atoms with Gasteiger partial charge in [0.2, 0.25) is 0 Å².